The van der Waals surface area contributed by atoms with E-state index in [4.69, 9.17) is 9.15 Å². The fraction of sp³-hybridized carbons (Fsp3) is 0.143. The minimum atomic E-state index is -0.771. The second-order valence-electron chi connectivity index (χ2n) is 4.57. The summed E-state index contributed by atoms with van der Waals surface area (Å²) in [4.78, 5) is 25.0. The number of aromatic hydroxyl groups is 3. The first-order chi connectivity index (χ1) is 9.88. The molecule has 3 rings (SSSR count). The van der Waals surface area contributed by atoms with Crippen LogP contribution in [0.3, 0.4) is 0 Å². The van der Waals surface area contributed by atoms with Gasteiger partial charge in [0.15, 0.2) is 11.5 Å². The lowest BCUT2D eigenvalue weighted by atomic mass is 9.84. The van der Waals surface area contributed by atoms with E-state index >= 15 is 0 Å². The number of ketones is 2. The van der Waals surface area contributed by atoms with E-state index in [9.17, 15) is 24.9 Å². The van der Waals surface area contributed by atoms with Gasteiger partial charge in [0.1, 0.15) is 17.1 Å². The molecular weight excluding hydrogens is 280 g/mol. The summed E-state index contributed by atoms with van der Waals surface area (Å²) in [7, 11) is 1.27. The molecule has 0 saturated heterocycles. The van der Waals surface area contributed by atoms with Crippen LogP contribution in [0.15, 0.2) is 10.5 Å². The minimum absolute atomic E-state index is 0.0234. The highest BCUT2D eigenvalue weighted by Crippen LogP contribution is 2.46. The van der Waals surface area contributed by atoms with Gasteiger partial charge in [-0.1, -0.05) is 0 Å². The molecule has 1 aromatic carbocycles. The highest BCUT2D eigenvalue weighted by molar-refractivity contribution is 6.31. The number of fused-ring (bicyclic) bond motifs is 2. The van der Waals surface area contributed by atoms with E-state index in [-0.39, 0.29) is 28.4 Å². The number of aryl methyl sites for hydroxylation is 1. The molecule has 0 aliphatic heterocycles. The Morgan fingerprint density at radius 3 is 2.19 bits per heavy atom. The summed E-state index contributed by atoms with van der Waals surface area (Å²) in [5.41, 5.74) is -0.990. The maximum absolute atomic E-state index is 12.5. The van der Waals surface area contributed by atoms with Gasteiger partial charge in [-0.25, -0.2) is 0 Å². The number of carbonyl (C=O) groups is 2. The van der Waals surface area contributed by atoms with E-state index < -0.39 is 34.4 Å². The van der Waals surface area contributed by atoms with Gasteiger partial charge in [0.25, 0.3) is 5.95 Å². The van der Waals surface area contributed by atoms with Crippen molar-refractivity contribution in [2.24, 2.45) is 0 Å². The summed E-state index contributed by atoms with van der Waals surface area (Å²) in [6, 6.07) is 0.803. The SMILES string of the molecule is COc1oc(C)c2c1C(=O)c1c(O)c(O)cc(O)c1C2=O. The molecule has 1 aliphatic carbocycles. The number of carbonyl (C=O) groups excluding carboxylic acids is 2. The molecule has 0 saturated carbocycles. The number of benzene rings is 1. The first kappa shape index (κ1) is 13.0. The van der Waals surface area contributed by atoms with Gasteiger partial charge in [-0.3, -0.25) is 9.59 Å². The second-order valence-corrected chi connectivity index (χ2v) is 4.57. The van der Waals surface area contributed by atoms with E-state index in [0.29, 0.717) is 0 Å². The topological polar surface area (TPSA) is 117 Å². The van der Waals surface area contributed by atoms with Crippen LogP contribution in [0, 0.1) is 6.92 Å². The van der Waals surface area contributed by atoms with Crippen LogP contribution in [0.1, 0.15) is 37.6 Å². The first-order valence-electron chi connectivity index (χ1n) is 5.93. The Balaban J connectivity index is 2.43. The molecule has 0 radical (unpaired) electrons. The number of hydrogen-bond donors (Lipinski definition) is 3. The lowest BCUT2D eigenvalue weighted by Gasteiger charge is -2.17. The van der Waals surface area contributed by atoms with Crippen LogP contribution < -0.4 is 4.74 Å². The van der Waals surface area contributed by atoms with Crippen LogP contribution >= 0.6 is 0 Å². The zero-order chi connectivity index (χ0) is 15.5. The Kier molecular flexibility index (Phi) is 2.49. The molecule has 2 aromatic rings. The lowest BCUT2D eigenvalue weighted by molar-refractivity contribution is 0.0971. The summed E-state index contributed by atoms with van der Waals surface area (Å²) < 4.78 is 10.1. The summed E-state index contributed by atoms with van der Waals surface area (Å²) in [6.07, 6.45) is 0. The van der Waals surface area contributed by atoms with Gasteiger partial charge in [-0.05, 0) is 6.92 Å². The quantitative estimate of drug-likeness (QED) is 0.459. The predicted octanol–water partition coefficient (Wildman–Crippen LogP) is 1.49. The van der Waals surface area contributed by atoms with Gasteiger partial charge < -0.3 is 24.5 Å². The van der Waals surface area contributed by atoms with E-state index in [0.717, 1.165) is 6.07 Å². The number of furan rings is 1. The molecule has 1 aromatic heterocycles. The third-order valence-corrected chi connectivity index (χ3v) is 3.40. The van der Waals surface area contributed by atoms with Gasteiger partial charge in [0.2, 0.25) is 11.6 Å². The van der Waals surface area contributed by atoms with Gasteiger partial charge in [-0.15, -0.1) is 0 Å². The number of methoxy groups -OCH3 is 1. The number of phenols is 3. The summed E-state index contributed by atoms with van der Waals surface area (Å²) in [5, 5.41) is 29.2. The van der Waals surface area contributed by atoms with Gasteiger partial charge in [0.05, 0.1) is 23.8 Å². The van der Waals surface area contributed by atoms with Crippen LogP contribution in [0.25, 0.3) is 0 Å². The molecule has 7 heteroatoms. The minimum Gasteiger partial charge on any atom is -0.507 e. The standard InChI is InChI=1S/C14H10O7/c1-4-7-10(14(20-2)21-4)13(19)9-8(12(7)18)5(15)3-6(16)11(9)17/h3,15-17H,1-2H3. The van der Waals surface area contributed by atoms with Crippen LogP contribution in [-0.4, -0.2) is 34.0 Å². The third kappa shape index (κ3) is 1.48. The highest BCUT2D eigenvalue weighted by Gasteiger charge is 2.41. The maximum atomic E-state index is 12.5. The molecule has 7 nitrogen and oxygen atoms in total. The average Bonchev–Trinajstić information content (AvgIpc) is 2.77. The molecule has 0 spiro atoms. The smallest absolute Gasteiger partial charge is 0.296 e. The van der Waals surface area contributed by atoms with Crippen LogP contribution in [0.2, 0.25) is 0 Å². The van der Waals surface area contributed by atoms with Gasteiger partial charge >= 0.3 is 0 Å². The zero-order valence-corrected chi connectivity index (χ0v) is 11.1. The van der Waals surface area contributed by atoms with Crippen LogP contribution in [0.5, 0.6) is 23.2 Å². The van der Waals surface area contributed by atoms with E-state index in [2.05, 4.69) is 0 Å². The number of ether oxygens (including phenoxy) is 1. The second kappa shape index (κ2) is 4.02. The molecule has 108 valence electrons. The molecular formula is C14H10O7. The first-order valence-corrected chi connectivity index (χ1v) is 5.93. The Bertz CT molecular complexity index is 813. The van der Waals surface area contributed by atoms with E-state index in [1.54, 1.807) is 0 Å². The number of hydrogen-bond acceptors (Lipinski definition) is 7. The van der Waals surface area contributed by atoms with Crippen molar-refractivity contribution in [3.8, 4) is 23.2 Å². The molecule has 21 heavy (non-hydrogen) atoms. The summed E-state index contributed by atoms with van der Waals surface area (Å²) in [5.74, 6) is -3.51. The molecule has 0 fully saturated rings. The van der Waals surface area contributed by atoms with Crippen molar-refractivity contribution in [3.63, 3.8) is 0 Å². The largest absolute Gasteiger partial charge is 0.507 e. The molecule has 1 aliphatic rings. The van der Waals surface area contributed by atoms with Crippen molar-refractivity contribution >= 4 is 11.6 Å². The molecule has 3 N–H and O–H groups in total. The monoisotopic (exact) mass is 290 g/mol. The average molecular weight is 290 g/mol. The van der Waals surface area contributed by atoms with Crippen molar-refractivity contribution in [2.45, 2.75) is 6.92 Å². The normalized spacial score (nSPS) is 13.0. The van der Waals surface area contributed by atoms with Crippen molar-refractivity contribution in [3.05, 3.63) is 34.1 Å². The Morgan fingerprint density at radius 2 is 1.57 bits per heavy atom. The molecule has 0 atom stereocenters. The molecule has 0 amide bonds. The Hall–Kier alpha value is -2.96. The van der Waals surface area contributed by atoms with Crippen molar-refractivity contribution < 1.29 is 34.1 Å². The van der Waals surface area contributed by atoms with E-state index in [1.165, 1.54) is 14.0 Å². The number of rotatable bonds is 1. The Labute approximate surface area is 118 Å². The molecule has 0 bridgehead atoms. The van der Waals surface area contributed by atoms with Crippen LogP contribution in [-0.2, 0) is 0 Å². The van der Waals surface area contributed by atoms with Crippen molar-refractivity contribution in [2.75, 3.05) is 7.11 Å². The highest BCUT2D eigenvalue weighted by atomic mass is 16.6. The third-order valence-electron chi connectivity index (χ3n) is 3.40. The fourth-order valence-corrected chi connectivity index (χ4v) is 2.49. The van der Waals surface area contributed by atoms with Gasteiger partial charge in [-0.2, -0.15) is 0 Å². The molecule has 1 heterocycles. The predicted molar refractivity (Wildman–Crippen MR) is 68.3 cm³/mol. The van der Waals surface area contributed by atoms with E-state index in [1.807, 2.05) is 0 Å². The van der Waals surface area contributed by atoms with Gasteiger partial charge in [0, 0.05) is 6.07 Å². The van der Waals surface area contributed by atoms with Crippen molar-refractivity contribution in [1.29, 1.82) is 0 Å². The zero-order valence-electron chi connectivity index (χ0n) is 11.1. The lowest BCUT2D eigenvalue weighted by Crippen LogP contribution is -2.21. The maximum Gasteiger partial charge on any atom is 0.296 e. The number of phenolic OH excluding ortho intramolecular Hbond substituents is 3. The summed E-state index contributed by atoms with van der Waals surface area (Å²) >= 11 is 0. The molecule has 0 unspecified atom stereocenters. The van der Waals surface area contributed by atoms with Crippen LogP contribution in [0.4, 0.5) is 0 Å². The Morgan fingerprint density at radius 1 is 0.952 bits per heavy atom. The fourth-order valence-electron chi connectivity index (χ4n) is 2.49. The summed E-state index contributed by atoms with van der Waals surface area (Å²) in [6.45, 7) is 1.48. The van der Waals surface area contributed by atoms with Crippen molar-refractivity contribution in [1.82, 2.24) is 0 Å².